The zero-order chi connectivity index (χ0) is 97.6. The number of halogens is 4. The van der Waals surface area contributed by atoms with E-state index in [1.165, 1.54) is 6.92 Å². The number of nitrogens with one attached hydrogen (secondary N) is 8. The molecule has 0 aliphatic carbocycles. The minimum atomic E-state index is -5.04. The molecule has 5 aromatic carbocycles. The van der Waals surface area contributed by atoms with Gasteiger partial charge in [-0.1, -0.05) is 228 Å². The summed E-state index contributed by atoms with van der Waals surface area (Å²) >= 11 is 0. The number of morpholine rings is 2. The van der Waals surface area contributed by atoms with Crippen molar-refractivity contribution in [1.82, 2.24) is 52.3 Å². The first kappa shape index (κ1) is 115. The number of aliphatic imine (C=N–C) groups is 1. The lowest BCUT2D eigenvalue weighted by atomic mass is 9.93. The first-order chi connectivity index (χ1) is 63.0. The van der Waals surface area contributed by atoms with Crippen LogP contribution >= 0.6 is 0 Å². The minimum absolute atomic E-state index is 0. The Kier molecular flexibility index (Phi) is 48.0. The van der Waals surface area contributed by atoms with Crippen LogP contribution in [0.1, 0.15) is 170 Å². The van der Waals surface area contributed by atoms with Gasteiger partial charge in [-0.3, -0.25) is 67.4 Å². The molecule has 5 aliphatic rings. The number of epoxide rings is 3. The number of hydrogen-bond acceptors (Lipinski definition) is 22. The van der Waals surface area contributed by atoms with Crippen molar-refractivity contribution in [1.29, 1.82) is 0 Å². The van der Waals surface area contributed by atoms with E-state index in [1.54, 1.807) is 52.0 Å². The number of carbonyl (C=O) groups is 12. The Bertz CT molecular complexity index is 4560. The molecule has 0 radical (unpaired) electrons. The Morgan fingerprint density at radius 3 is 1.04 bits per heavy atom. The van der Waals surface area contributed by atoms with Crippen LogP contribution in [-0.2, 0) is 113 Å². The van der Waals surface area contributed by atoms with E-state index >= 15 is 0 Å². The Morgan fingerprint density at radius 2 is 0.696 bits per heavy atom. The number of carboxylic acids is 1. The average molecular weight is 1890 g/mol. The fourth-order valence-electron chi connectivity index (χ4n) is 14.8. The van der Waals surface area contributed by atoms with Gasteiger partial charge in [0.2, 0.25) is 41.4 Å². The van der Waals surface area contributed by atoms with Crippen molar-refractivity contribution in [2.45, 2.75) is 252 Å². The van der Waals surface area contributed by atoms with E-state index in [4.69, 9.17) is 28.4 Å². The summed E-state index contributed by atoms with van der Waals surface area (Å²) in [6.45, 7) is 30.2. The Morgan fingerprint density at radius 1 is 0.407 bits per heavy atom. The summed E-state index contributed by atoms with van der Waals surface area (Å²) in [5.74, 6) is -6.91. The van der Waals surface area contributed by atoms with Crippen molar-refractivity contribution in [3.05, 3.63) is 179 Å². The third kappa shape index (κ3) is 42.1. The van der Waals surface area contributed by atoms with E-state index in [0.29, 0.717) is 117 Å². The van der Waals surface area contributed by atoms with Gasteiger partial charge in [-0.25, -0.2) is 9.59 Å². The van der Waals surface area contributed by atoms with Crippen molar-refractivity contribution in [2.24, 2.45) is 34.6 Å². The van der Waals surface area contributed by atoms with E-state index in [9.17, 15) is 80.9 Å². The number of alkyl carbamates (subject to hydrolysis) is 1. The summed E-state index contributed by atoms with van der Waals surface area (Å²) in [6, 6.07) is 38.6. The summed E-state index contributed by atoms with van der Waals surface area (Å²) in [5, 5.41) is 43.2. The number of aliphatic carboxylic acids is 1. The highest BCUT2D eigenvalue weighted by molar-refractivity contribution is 6.00. The highest BCUT2D eigenvalue weighted by atomic mass is 19.4. The van der Waals surface area contributed by atoms with Crippen molar-refractivity contribution >= 4 is 76.7 Å². The van der Waals surface area contributed by atoms with Crippen LogP contribution in [0, 0.1) is 29.6 Å². The number of alkyl halides is 3. The third-order valence-electron chi connectivity index (χ3n) is 22.5. The van der Waals surface area contributed by atoms with Gasteiger partial charge >= 0.3 is 18.2 Å². The number of aryl methyl sites for hydroxylation is 2. The van der Waals surface area contributed by atoms with Crippen molar-refractivity contribution < 1.29 is 114 Å². The maximum absolute atomic E-state index is 14.1. The maximum Gasteiger partial charge on any atom is 0.419 e. The number of carbonyl (C=O) groups excluding carboxylic acids is 11. The number of ketones is 3. The number of rotatable bonds is 47. The molecule has 10 rings (SSSR count). The van der Waals surface area contributed by atoms with Crippen molar-refractivity contribution in [2.75, 3.05) is 85.5 Å². The summed E-state index contributed by atoms with van der Waals surface area (Å²) in [6.07, 6.45) is -1.88. The molecule has 5 aliphatic heterocycles. The van der Waals surface area contributed by atoms with Crippen LogP contribution in [0.4, 0.5) is 22.7 Å². The maximum atomic E-state index is 14.1. The van der Waals surface area contributed by atoms with Crippen LogP contribution < -0.4 is 47.6 Å². The molecule has 31 nitrogen and oxygen atoms in total. The van der Waals surface area contributed by atoms with E-state index in [0.717, 1.165) is 27.8 Å². The van der Waals surface area contributed by atoms with Gasteiger partial charge in [0.05, 0.1) is 77.3 Å². The molecule has 0 spiro atoms. The van der Waals surface area contributed by atoms with Gasteiger partial charge < -0.3 is 81.2 Å². The second-order valence-electron chi connectivity index (χ2n) is 37.1. The van der Waals surface area contributed by atoms with Crippen LogP contribution in [0.25, 0.3) is 0 Å². The quantitative estimate of drug-likeness (QED) is 0.00759. The standard InChI is InChI=1S/C40H57N5O7.C31H42N4O6.C17H23NO4.C11H16F3NO3.CH4.FH/c1-27(2)22-32(36(47)40(5)26-52-40)42-39(50)34(24-30-14-10-7-11-15-30)44-38(49)33(23-28(3)4)43-37(48)31(17-16-29-12-8-6-9-13-29)41-35(46)25-45-18-20-51-21-19-45;1-22(2)19-26(30(38)34-27(31(39)40)20-24-11-7-4-8-12-24)33-29(37)25(14-13-23-9-5-3-6-10-23)32-28(36)21-35-15-17-41-18-16-35;1-12(2)9-14(15(19)17(3)11-22-17)18-16(20)21-10-13-7-5-4-6-8-13;1-6(2)4-7(8(16)10(3)5-18-10)15-9(17)11(12,13)14;;/h6-15,27-28,31-34H,16-26H2,1-5H3,(H,41,46)(H,42,50)(H,43,48)(H,44,49);3-12,22,25-27H,13-21H2,1-2H3,(H,32,36)(H,33,37)(H,34,38)(H,39,40);4-8,12,14H,9-11H2,1-3H3,(H,18,20);6-7H,4-5H2,1-3H3,(H,15,17);1H4;1H/p-1/t31-,32-,33-,34-,40+;25-,26-,27-;14-,17+;7-,10+;;/m0000../s1. The molecular weight excluding hydrogens is 1750 g/mol. The van der Waals surface area contributed by atoms with Gasteiger partial charge in [0.1, 0.15) is 65.7 Å². The molecule has 746 valence electrons. The van der Waals surface area contributed by atoms with Gasteiger partial charge in [0, 0.05) is 39.0 Å². The first-order valence-electron chi connectivity index (χ1n) is 45.9. The topological polar surface area (TPSA) is 428 Å². The lowest BCUT2D eigenvalue weighted by Gasteiger charge is -2.29. The minimum Gasteiger partial charge on any atom is -0.856 e. The molecule has 12 atom stereocenters. The number of benzene rings is 5. The SMILES string of the molecule is C.CC(C)C[C@H](N=C([O-])C(F)(F)F)C(=O)[C@@]1(C)CO1.CC(C)C[C@H](NC(=O)OCc1ccccc1)C(=O)[C@@]1(C)CO1.CC(C)C[C@H](NC(=O)[C@H](CCc1ccccc1)NC(=O)CN1CCOCC1)C(=O)N[C@@H](Cc1ccccc1)C(=O)N[C@@H](CC(C)C)C(=O)[C@@]1(C)CO1.CC(C)C[C@H](NC(=O)[C@H](CCc1ccccc1)NC(=O)CN1CCOCC1)C(=O)N[C@@H](Cc1ccccc1)C(=O)O.F. The highest BCUT2D eigenvalue weighted by Gasteiger charge is 2.53. The first-order valence-corrected chi connectivity index (χ1v) is 45.9. The molecule has 135 heavy (non-hydrogen) atoms. The number of ether oxygens (including phenoxy) is 6. The number of nitrogens with zero attached hydrogens (tertiary/aromatic N) is 3. The molecular formula is C100H142F4N11O20-. The lowest BCUT2D eigenvalue weighted by Crippen LogP contribution is -2.59. The molecule has 0 bridgehead atoms. The number of Topliss-reactive ketones (excluding diaryl/α,β-unsaturated/α-hetero) is 3. The van der Waals surface area contributed by atoms with E-state index in [1.807, 2.05) is 193 Å². The number of hydrogen-bond donors (Lipinski definition) is 9. The summed E-state index contributed by atoms with van der Waals surface area (Å²) in [4.78, 5) is 163. The van der Waals surface area contributed by atoms with Gasteiger partial charge in [0.15, 0.2) is 17.3 Å². The van der Waals surface area contributed by atoms with Crippen LogP contribution in [-0.4, -0.2) is 254 Å². The van der Waals surface area contributed by atoms with Gasteiger partial charge in [-0.2, -0.15) is 13.2 Å². The molecule has 0 unspecified atom stereocenters. The Labute approximate surface area is 790 Å². The zero-order valence-electron chi connectivity index (χ0n) is 79.3. The average Bonchev–Trinajstić information content (AvgIpc) is 1.65. The molecule has 5 aromatic rings. The predicted octanol–water partition coefficient (Wildman–Crippen LogP) is 8.92. The van der Waals surface area contributed by atoms with E-state index in [-0.39, 0.29) is 111 Å². The van der Waals surface area contributed by atoms with Crippen LogP contribution in [0.15, 0.2) is 157 Å². The molecule has 0 aromatic heterocycles. The normalized spacial score (nSPS) is 19.3. The molecule has 5 heterocycles. The summed E-state index contributed by atoms with van der Waals surface area (Å²) in [7, 11) is 0. The molecule has 0 saturated carbocycles. The zero-order valence-corrected chi connectivity index (χ0v) is 79.3. The number of carboxylic acid groups (broad SMARTS) is 1. The van der Waals surface area contributed by atoms with Crippen molar-refractivity contribution in [3.63, 3.8) is 0 Å². The molecule has 8 amide bonds. The van der Waals surface area contributed by atoms with Gasteiger partial charge in [-0.15, -0.1) is 0 Å². The van der Waals surface area contributed by atoms with Crippen molar-refractivity contribution in [3.8, 4) is 0 Å². The largest absolute Gasteiger partial charge is 0.856 e. The summed E-state index contributed by atoms with van der Waals surface area (Å²) < 4.78 is 67.8. The van der Waals surface area contributed by atoms with Gasteiger partial charge in [0.25, 0.3) is 0 Å². The second kappa shape index (κ2) is 56.5. The monoisotopic (exact) mass is 1890 g/mol. The van der Waals surface area contributed by atoms with Crippen LogP contribution in [0.5, 0.6) is 0 Å². The highest BCUT2D eigenvalue weighted by Crippen LogP contribution is 2.33. The van der Waals surface area contributed by atoms with E-state index < -0.39 is 131 Å². The third-order valence-corrected chi connectivity index (χ3v) is 22.5. The molecule has 35 heteroatoms. The van der Waals surface area contributed by atoms with E-state index in [2.05, 4.69) is 47.5 Å². The lowest BCUT2D eigenvalue weighted by molar-refractivity contribution is -0.263. The molecule has 5 saturated heterocycles. The predicted molar refractivity (Wildman–Crippen MR) is 501 cm³/mol. The van der Waals surface area contributed by atoms with Crippen LogP contribution in [0.3, 0.4) is 0 Å². The Balaban J connectivity index is 0.000000342. The Hall–Kier alpha value is -11.0. The van der Waals surface area contributed by atoms with Gasteiger partial charge in [-0.05, 0) is 136 Å². The second-order valence-corrected chi connectivity index (χ2v) is 37.1. The summed E-state index contributed by atoms with van der Waals surface area (Å²) in [5.41, 5.74) is 1.80. The fraction of sp³-hybridized carbons (Fsp3) is 0.570. The molecule has 5 fully saturated rings. The number of amides is 8. The molecule has 9 N–H and O–H groups in total. The smallest absolute Gasteiger partial charge is 0.419 e. The fourth-order valence-corrected chi connectivity index (χ4v) is 14.8. The van der Waals surface area contributed by atoms with Crippen LogP contribution in [0.2, 0.25) is 0 Å².